The third-order valence-corrected chi connectivity index (χ3v) is 6.83. The van der Waals surface area contributed by atoms with E-state index in [-0.39, 0.29) is 12.3 Å². The third kappa shape index (κ3) is 24.3. The van der Waals surface area contributed by atoms with Crippen molar-refractivity contribution in [3.05, 3.63) is 36.5 Å². The van der Waals surface area contributed by atoms with E-state index in [4.69, 9.17) is 0 Å². The SMILES string of the molecule is CCCCC/C=C/CC/C=C/CC/C=C/C(O)C(CS(=O)(=O)O)NC(=O)CCCCCCCCCC. The second-order valence-electron chi connectivity index (χ2n) is 9.66. The lowest BCUT2D eigenvalue weighted by molar-refractivity contribution is -0.122. The predicted octanol–water partition coefficient (Wildman–Crippen LogP) is 7.06. The van der Waals surface area contributed by atoms with Crippen LogP contribution < -0.4 is 5.32 Å². The van der Waals surface area contributed by atoms with Crippen molar-refractivity contribution >= 4 is 16.0 Å². The molecular formula is C29H53NO5S. The number of rotatable bonds is 24. The molecule has 6 nitrogen and oxygen atoms in total. The molecule has 3 N–H and O–H groups in total. The van der Waals surface area contributed by atoms with Gasteiger partial charge >= 0.3 is 0 Å². The van der Waals surface area contributed by atoms with E-state index in [0.717, 1.165) is 44.9 Å². The summed E-state index contributed by atoms with van der Waals surface area (Å²) in [4.78, 5) is 12.3. The van der Waals surface area contributed by atoms with Gasteiger partial charge in [-0.1, -0.05) is 108 Å². The van der Waals surface area contributed by atoms with Crippen LogP contribution in [0.15, 0.2) is 36.5 Å². The van der Waals surface area contributed by atoms with Crippen LogP contribution in [-0.4, -0.2) is 41.9 Å². The zero-order valence-electron chi connectivity index (χ0n) is 22.9. The molecule has 0 radical (unpaired) electrons. The van der Waals surface area contributed by atoms with Crippen LogP contribution in [0.5, 0.6) is 0 Å². The molecule has 0 fully saturated rings. The molecule has 0 rings (SSSR count). The first-order valence-corrected chi connectivity index (χ1v) is 15.8. The first kappa shape index (κ1) is 34.6. The van der Waals surface area contributed by atoms with Crippen molar-refractivity contribution in [1.29, 1.82) is 0 Å². The highest BCUT2D eigenvalue weighted by atomic mass is 32.2. The van der Waals surface area contributed by atoms with Gasteiger partial charge < -0.3 is 10.4 Å². The number of aliphatic hydroxyl groups is 1. The van der Waals surface area contributed by atoms with Gasteiger partial charge in [0.25, 0.3) is 10.1 Å². The minimum Gasteiger partial charge on any atom is -0.387 e. The molecule has 0 aromatic rings. The van der Waals surface area contributed by atoms with Crippen LogP contribution in [0.25, 0.3) is 0 Å². The monoisotopic (exact) mass is 527 g/mol. The van der Waals surface area contributed by atoms with Gasteiger partial charge in [0.05, 0.1) is 17.9 Å². The second-order valence-corrected chi connectivity index (χ2v) is 11.2. The van der Waals surface area contributed by atoms with Crippen molar-refractivity contribution in [3.8, 4) is 0 Å². The Balaban J connectivity index is 4.26. The van der Waals surface area contributed by atoms with E-state index in [1.165, 1.54) is 57.4 Å². The van der Waals surface area contributed by atoms with Crippen LogP contribution >= 0.6 is 0 Å². The topological polar surface area (TPSA) is 104 Å². The van der Waals surface area contributed by atoms with Crippen LogP contribution in [-0.2, 0) is 14.9 Å². The number of amides is 1. The van der Waals surface area contributed by atoms with Gasteiger partial charge in [0.2, 0.25) is 5.91 Å². The van der Waals surface area contributed by atoms with Crippen LogP contribution in [0.2, 0.25) is 0 Å². The van der Waals surface area contributed by atoms with Crippen LogP contribution in [0.4, 0.5) is 0 Å². The summed E-state index contributed by atoms with van der Waals surface area (Å²) in [6.45, 7) is 4.40. The Labute approximate surface area is 221 Å². The van der Waals surface area contributed by atoms with E-state index >= 15 is 0 Å². The van der Waals surface area contributed by atoms with Gasteiger partial charge in [-0.15, -0.1) is 0 Å². The Morgan fingerprint density at radius 1 is 0.722 bits per heavy atom. The fraction of sp³-hybridized carbons (Fsp3) is 0.759. The maximum absolute atomic E-state index is 12.3. The van der Waals surface area contributed by atoms with E-state index in [2.05, 4.69) is 43.5 Å². The Kier molecular flexibility index (Phi) is 23.0. The highest BCUT2D eigenvalue weighted by Gasteiger charge is 2.24. The Hall–Kier alpha value is -1.44. The van der Waals surface area contributed by atoms with Gasteiger partial charge in [0, 0.05) is 6.42 Å². The molecule has 7 heteroatoms. The van der Waals surface area contributed by atoms with Crippen molar-refractivity contribution in [1.82, 2.24) is 5.32 Å². The standard InChI is InChI=1S/C29H53NO5S/c1-3-5-7-9-11-13-14-15-16-17-18-20-22-24-28(31)27(26-36(33,34)35)30-29(32)25-23-21-19-12-10-8-6-4-2/h11,13,16-17,22,24,27-28,31H,3-10,12,14-15,18-21,23,25-26H2,1-2H3,(H,30,32)(H,33,34,35)/b13-11+,17-16+,24-22+. The molecule has 0 heterocycles. The van der Waals surface area contributed by atoms with E-state index in [0.29, 0.717) is 6.42 Å². The number of carbonyl (C=O) groups is 1. The normalized spacial score (nSPS) is 14.2. The van der Waals surface area contributed by atoms with Crippen LogP contribution in [0, 0.1) is 0 Å². The number of allylic oxidation sites excluding steroid dienone is 5. The maximum atomic E-state index is 12.3. The van der Waals surface area contributed by atoms with Crippen LogP contribution in [0.3, 0.4) is 0 Å². The molecule has 0 aliphatic carbocycles. The Morgan fingerprint density at radius 2 is 1.19 bits per heavy atom. The lowest BCUT2D eigenvalue weighted by Crippen LogP contribution is -2.46. The average molecular weight is 528 g/mol. The summed E-state index contributed by atoms with van der Waals surface area (Å²) in [5.41, 5.74) is 0. The maximum Gasteiger partial charge on any atom is 0.267 e. The van der Waals surface area contributed by atoms with Gasteiger partial charge in [0.1, 0.15) is 0 Å². The highest BCUT2D eigenvalue weighted by molar-refractivity contribution is 7.85. The minimum atomic E-state index is -4.34. The number of carbonyl (C=O) groups excluding carboxylic acids is 1. The smallest absolute Gasteiger partial charge is 0.267 e. The number of nitrogens with one attached hydrogen (secondary N) is 1. The first-order valence-electron chi connectivity index (χ1n) is 14.2. The number of hydrogen-bond acceptors (Lipinski definition) is 4. The lowest BCUT2D eigenvalue weighted by atomic mass is 10.1. The largest absolute Gasteiger partial charge is 0.387 e. The zero-order chi connectivity index (χ0) is 26.9. The summed E-state index contributed by atoms with van der Waals surface area (Å²) in [5.74, 6) is -1.02. The van der Waals surface area contributed by atoms with E-state index < -0.39 is 28.0 Å². The summed E-state index contributed by atoms with van der Waals surface area (Å²) >= 11 is 0. The molecule has 36 heavy (non-hydrogen) atoms. The summed E-state index contributed by atoms with van der Waals surface area (Å²) in [6, 6.07) is -1.07. The first-order chi connectivity index (χ1) is 17.3. The molecule has 0 saturated heterocycles. The van der Waals surface area contributed by atoms with Crippen molar-refractivity contribution in [3.63, 3.8) is 0 Å². The third-order valence-electron chi connectivity index (χ3n) is 6.05. The van der Waals surface area contributed by atoms with Crippen LogP contribution in [0.1, 0.15) is 123 Å². The van der Waals surface area contributed by atoms with Gasteiger partial charge in [-0.2, -0.15) is 8.42 Å². The predicted molar refractivity (Wildman–Crippen MR) is 152 cm³/mol. The average Bonchev–Trinajstić information content (AvgIpc) is 2.82. The molecular weight excluding hydrogens is 474 g/mol. The molecule has 0 aliphatic rings. The summed E-state index contributed by atoms with van der Waals surface area (Å²) in [7, 11) is -4.34. The molecule has 0 aromatic carbocycles. The molecule has 0 aromatic heterocycles. The number of hydrogen-bond donors (Lipinski definition) is 3. The molecule has 2 unspecified atom stereocenters. The summed E-state index contributed by atoms with van der Waals surface area (Å²) in [6.07, 6.45) is 28.5. The molecule has 210 valence electrons. The van der Waals surface area contributed by atoms with E-state index in [1.54, 1.807) is 6.08 Å². The van der Waals surface area contributed by atoms with E-state index in [1.807, 2.05) is 0 Å². The fourth-order valence-electron chi connectivity index (χ4n) is 3.89. The molecule has 0 bridgehead atoms. The van der Waals surface area contributed by atoms with Gasteiger partial charge in [-0.05, 0) is 44.9 Å². The molecule has 1 amide bonds. The minimum absolute atomic E-state index is 0.284. The molecule has 0 spiro atoms. The van der Waals surface area contributed by atoms with Gasteiger partial charge in [0.15, 0.2) is 0 Å². The van der Waals surface area contributed by atoms with Crippen molar-refractivity contribution in [2.75, 3.05) is 5.75 Å². The Morgan fingerprint density at radius 3 is 1.75 bits per heavy atom. The molecule has 2 atom stereocenters. The van der Waals surface area contributed by atoms with Gasteiger partial charge in [-0.25, -0.2) is 0 Å². The van der Waals surface area contributed by atoms with Gasteiger partial charge in [-0.3, -0.25) is 9.35 Å². The molecule has 0 aliphatic heterocycles. The summed E-state index contributed by atoms with van der Waals surface area (Å²) < 4.78 is 32.0. The summed E-state index contributed by atoms with van der Waals surface area (Å²) in [5, 5.41) is 13.0. The highest BCUT2D eigenvalue weighted by Crippen LogP contribution is 2.10. The molecule has 0 saturated carbocycles. The second kappa shape index (κ2) is 23.9. The number of unbranched alkanes of at least 4 members (excludes halogenated alkanes) is 12. The van der Waals surface area contributed by atoms with Crippen molar-refractivity contribution < 1.29 is 22.9 Å². The van der Waals surface area contributed by atoms with Crippen molar-refractivity contribution in [2.45, 2.75) is 135 Å². The van der Waals surface area contributed by atoms with Crippen molar-refractivity contribution in [2.24, 2.45) is 0 Å². The zero-order valence-corrected chi connectivity index (χ0v) is 23.7. The van der Waals surface area contributed by atoms with E-state index in [9.17, 15) is 22.9 Å². The fourth-order valence-corrected chi connectivity index (χ4v) is 4.62. The lowest BCUT2D eigenvalue weighted by Gasteiger charge is -2.21. The number of aliphatic hydroxyl groups excluding tert-OH is 1. The Bertz CT molecular complexity index is 715. The quantitative estimate of drug-likeness (QED) is 0.0708.